The molecule has 184 valence electrons. The normalized spacial score (nSPS) is 13.0. The minimum absolute atomic E-state index is 0.00187. The van der Waals surface area contributed by atoms with Gasteiger partial charge in [-0.25, -0.2) is 4.79 Å². The average molecular weight is 477 g/mol. The Balaban J connectivity index is 1.51. The molecule has 0 unspecified atom stereocenters. The van der Waals surface area contributed by atoms with Gasteiger partial charge in [-0.2, -0.15) is 9.78 Å². The summed E-state index contributed by atoms with van der Waals surface area (Å²) in [7, 11) is 1.61. The third-order valence-electron chi connectivity index (χ3n) is 6.43. The maximum absolute atomic E-state index is 13.0. The minimum Gasteiger partial charge on any atom is -0.507 e. The molecule has 1 aromatic heterocycles. The predicted molar refractivity (Wildman–Crippen MR) is 135 cm³/mol. The van der Waals surface area contributed by atoms with Crippen LogP contribution < -0.4 is 15.4 Å². The molecule has 0 bridgehead atoms. The highest BCUT2D eigenvalue weighted by Gasteiger charge is 2.30. The van der Waals surface area contributed by atoms with Gasteiger partial charge < -0.3 is 20.5 Å². The van der Waals surface area contributed by atoms with Crippen molar-refractivity contribution >= 4 is 17.6 Å². The summed E-state index contributed by atoms with van der Waals surface area (Å²) in [5.41, 5.74) is 3.33. The maximum atomic E-state index is 13.0. The Morgan fingerprint density at radius 2 is 1.83 bits per heavy atom. The molecular formula is C27H32N4O4. The molecule has 0 spiro atoms. The lowest BCUT2D eigenvalue weighted by atomic mass is 10.0. The number of ether oxygens (including phenoxy) is 1. The summed E-state index contributed by atoms with van der Waals surface area (Å²) in [4.78, 5) is 25.4. The van der Waals surface area contributed by atoms with Gasteiger partial charge in [-0.15, -0.1) is 0 Å². The smallest absolute Gasteiger partial charge is 0.342 e. The standard InChI is InChI=1S/C27H32N4O4/c1-4-18(5-2)26(33)29-20-10-13-22(25(32)14-20)23-15-24(19-8-9-19)31(30-23)27(34)28-16-17-6-11-21(35-3)12-7-17/h6-7,10-15,18-19,32H,4-5,8-9,16H2,1-3H3,(H,28,34)(H,29,33). The first-order valence-corrected chi connectivity index (χ1v) is 12.1. The molecule has 2 aromatic carbocycles. The van der Waals surface area contributed by atoms with Crippen molar-refractivity contribution in [2.45, 2.75) is 52.0 Å². The first-order chi connectivity index (χ1) is 16.9. The van der Waals surface area contributed by atoms with Crippen LogP contribution in [0.25, 0.3) is 11.3 Å². The van der Waals surface area contributed by atoms with E-state index in [4.69, 9.17) is 4.74 Å². The molecule has 3 N–H and O–H groups in total. The number of methoxy groups -OCH3 is 1. The lowest BCUT2D eigenvalue weighted by molar-refractivity contribution is -0.120. The van der Waals surface area contributed by atoms with Crippen molar-refractivity contribution in [2.75, 3.05) is 12.4 Å². The fraction of sp³-hybridized carbons (Fsp3) is 0.370. The Kier molecular flexibility index (Phi) is 7.39. The molecule has 4 rings (SSSR count). The molecule has 35 heavy (non-hydrogen) atoms. The number of phenols is 1. The van der Waals surface area contributed by atoms with Crippen LogP contribution in [0.4, 0.5) is 10.5 Å². The minimum atomic E-state index is -0.317. The van der Waals surface area contributed by atoms with E-state index in [1.54, 1.807) is 19.2 Å². The van der Waals surface area contributed by atoms with Crippen molar-refractivity contribution in [3.63, 3.8) is 0 Å². The summed E-state index contributed by atoms with van der Waals surface area (Å²) in [6.07, 6.45) is 3.52. The van der Waals surface area contributed by atoms with Crippen LogP contribution in [0.15, 0.2) is 48.5 Å². The van der Waals surface area contributed by atoms with Gasteiger partial charge in [0.05, 0.1) is 18.5 Å². The number of carbonyl (C=O) groups excluding carboxylic acids is 2. The van der Waals surface area contributed by atoms with Crippen LogP contribution in [0.3, 0.4) is 0 Å². The molecule has 1 heterocycles. The van der Waals surface area contributed by atoms with Crippen molar-refractivity contribution in [1.29, 1.82) is 0 Å². The molecule has 3 aromatic rings. The number of amides is 2. The van der Waals surface area contributed by atoms with E-state index in [9.17, 15) is 14.7 Å². The second-order valence-electron chi connectivity index (χ2n) is 8.88. The zero-order chi connectivity index (χ0) is 24.9. The largest absolute Gasteiger partial charge is 0.507 e. The lowest BCUT2D eigenvalue weighted by Crippen LogP contribution is -2.30. The monoisotopic (exact) mass is 476 g/mol. The van der Waals surface area contributed by atoms with Crippen LogP contribution in [0.5, 0.6) is 11.5 Å². The maximum Gasteiger partial charge on any atom is 0.342 e. The topological polar surface area (TPSA) is 105 Å². The molecule has 8 nitrogen and oxygen atoms in total. The highest BCUT2D eigenvalue weighted by atomic mass is 16.5. The lowest BCUT2D eigenvalue weighted by Gasteiger charge is -2.13. The Morgan fingerprint density at radius 1 is 1.11 bits per heavy atom. The SMILES string of the molecule is CCC(CC)C(=O)Nc1ccc(-c2cc(C3CC3)n(C(=O)NCc3ccc(OC)cc3)n2)c(O)c1. The molecule has 0 atom stereocenters. The second-order valence-corrected chi connectivity index (χ2v) is 8.88. The highest BCUT2D eigenvalue weighted by Crippen LogP contribution is 2.42. The number of hydrogen-bond donors (Lipinski definition) is 3. The van der Waals surface area contributed by atoms with E-state index in [1.165, 1.54) is 10.7 Å². The fourth-order valence-electron chi connectivity index (χ4n) is 4.09. The average Bonchev–Trinajstić information content (AvgIpc) is 3.62. The molecule has 1 saturated carbocycles. The van der Waals surface area contributed by atoms with Crippen LogP contribution in [0.2, 0.25) is 0 Å². The molecule has 0 aliphatic heterocycles. The van der Waals surface area contributed by atoms with Crippen LogP contribution in [0, 0.1) is 5.92 Å². The zero-order valence-corrected chi connectivity index (χ0v) is 20.4. The summed E-state index contributed by atoms with van der Waals surface area (Å²) < 4.78 is 6.57. The Hall–Kier alpha value is -3.81. The molecule has 1 fully saturated rings. The van der Waals surface area contributed by atoms with Gasteiger partial charge >= 0.3 is 6.03 Å². The van der Waals surface area contributed by atoms with Gasteiger partial charge in [0.25, 0.3) is 0 Å². The number of nitrogens with one attached hydrogen (secondary N) is 2. The van der Waals surface area contributed by atoms with Gasteiger partial charge in [0, 0.05) is 35.7 Å². The van der Waals surface area contributed by atoms with Gasteiger partial charge in [0.15, 0.2) is 0 Å². The van der Waals surface area contributed by atoms with E-state index < -0.39 is 0 Å². The molecule has 1 aliphatic rings. The summed E-state index contributed by atoms with van der Waals surface area (Å²) in [5, 5.41) is 21.0. The van der Waals surface area contributed by atoms with Gasteiger partial charge in [0.2, 0.25) is 5.91 Å². The van der Waals surface area contributed by atoms with E-state index in [0.29, 0.717) is 23.5 Å². The van der Waals surface area contributed by atoms with Crippen LogP contribution in [-0.2, 0) is 11.3 Å². The Morgan fingerprint density at radius 3 is 2.43 bits per heavy atom. The van der Waals surface area contributed by atoms with Crippen molar-refractivity contribution in [3.8, 4) is 22.8 Å². The third-order valence-corrected chi connectivity index (χ3v) is 6.43. The van der Waals surface area contributed by atoms with Crippen LogP contribution in [-0.4, -0.2) is 33.9 Å². The van der Waals surface area contributed by atoms with Gasteiger partial charge in [-0.05, 0) is 61.6 Å². The predicted octanol–water partition coefficient (Wildman–Crippen LogP) is 5.27. The molecular weight excluding hydrogens is 444 g/mol. The highest BCUT2D eigenvalue weighted by molar-refractivity contribution is 5.93. The van der Waals surface area contributed by atoms with Crippen molar-refractivity contribution in [3.05, 3.63) is 59.8 Å². The Bertz CT molecular complexity index is 1190. The van der Waals surface area contributed by atoms with Crippen molar-refractivity contribution < 1.29 is 19.4 Å². The quantitative estimate of drug-likeness (QED) is 0.390. The van der Waals surface area contributed by atoms with Gasteiger partial charge in [-0.3, -0.25) is 4.79 Å². The van der Waals surface area contributed by atoms with E-state index in [-0.39, 0.29) is 29.5 Å². The van der Waals surface area contributed by atoms with Crippen LogP contribution in [0.1, 0.15) is 56.7 Å². The summed E-state index contributed by atoms with van der Waals surface area (Å²) in [6.45, 7) is 4.32. The molecule has 2 amide bonds. The number of phenolic OH excluding ortho intramolecular Hbond substituents is 1. The fourth-order valence-corrected chi connectivity index (χ4v) is 4.09. The molecule has 0 radical (unpaired) electrons. The summed E-state index contributed by atoms with van der Waals surface area (Å²) in [5.74, 6) is 0.913. The third kappa shape index (κ3) is 5.65. The van der Waals surface area contributed by atoms with E-state index in [0.717, 1.165) is 42.7 Å². The van der Waals surface area contributed by atoms with E-state index in [1.807, 2.05) is 44.2 Å². The summed E-state index contributed by atoms with van der Waals surface area (Å²) >= 11 is 0. The number of nitrogens with zero attached hydrogens (tertiary/aromatic N) is 2. The molecule has 1 aliphatic carbocycles. The van der Waals surface area contributed by atoms with Crippen molar-refractivity contribution in [2.24, 2.45) is 5.92 Å². The van der Waals surface area contributed by atoms with E-state index >= 15 is 0 Å². The number of anilines is 1. The first-order valence-electron chi connectivity index (χ1n) is 12.1. The Labute approximate surface area is 205 Å². The molecule has 8 heteroatoms. The van der Waals surface area contributed by atoms with Crippen molar-refractivity contribution in [1.82, 2.24) is 15.1 Å². The number of benzene rings is 2. The van der Waals surface area contributed by atoms with Gasteiger partial charge in [0.1, 0.15) is 11.5 Å². The first kappa shape index (κ1) is 24.3. The molecule has 0 saturated heterocycles. The second kappa shape index (κ2) is 10.6. The number of rotatable bonds is 9. The summed E-state index contributed by atoms with van der Waals surface area (Å²) in [6, 6.07) is 14.0. The number of hydrogen-bond acceptors (Lipinski definition) is 5. The zero-order valence-electron chi connectivity index (χ0n) is 20.4. The van der Waals surface area contributed by atoms with Gasteiger partial charge in [-0.1, -0.05) is 26.0 Å². The van der Waals surface area contributed by atoms with E-state index in [2.05, 4.69) is 15.7 Å². The number of aromatic hydroxyl groups is 1. The number of aromatic nitrogens is 2. The van der Waals surface area contributed by atoms with Crippen LogP contribution >= 0.6 is 0 Å². The number of carbonyl (C=O) groups is 2.